The molecule has 1 aromatic carbocycles. The maximum atomic E-state index is 12.1. The van der Waals surface area contributed by atoms with Crippen molar-refractivity contribution in [3.8, 4) is 11.8 Å². The lowest BCUT2D eigenvalue weighted by Crippen LogP contribution is -2.49. The summed E-state index contributed by atoms with van der Waals surface area (Å²) < 4.78 is 28.5. The molecule has 0 saturated heterocycles. The number of nitriles is 1. The molecule has 1 N–H and O–H groups in total. The van der Waals surface area contributed by atoms with E-state index < -0.39 is 12.2 Å². The van der Waals surface area contributed by atoms with Gasteiger partial charge in [-0.15, -0.1) is 0 Å². The number of nitrogens with zero attached hydrogens (tertiary/aromatic N) is 2. The first-order chi connectivity index (χ1) is 11.3. The van der Waals surface area contributed by atoms with Crippen LogP contribution in [-0.4, -0.2) is 36.5 Å². The molecular weight excluding hydrogens is 316 g/mol. The average molecular weight is 337 g/mol. The molecule has 130 valence electrons. The molecule has 1 fully saturated rings. The lowest BCUT2D eigenvalue weighted by molar-refractivity contribution is -0.123. The highest BCUT2D eigenvalue weighted by Gasteiger charge is 2.43. The summed E-state index contributed by atoms with van der Waals surface area (Å²) in [5.41, 5.74) is 0.0729. The molecule has 0 unspecified atom stereocenters. The summed E-state index contributed by atoms with van der Waals surface area (Å²) in [6.07, 6.45) is 1.93. The van der Waals surface area contributed by atoms with Gasteiger partial charge in [-0.3, -0.25) is 9.69 Å². The second-order valence-electron chi connectivity index (χ2n) is 6.33. The van der Waals surface area contributed by atoms with Crippen LogP contribution in [0.25, 0.3) is 0 Å². The molecule has 1 aliphatic rings. The van der Waals surface area contributed by atoms with Gasteiger partial charge < -0.3 is 10.1 Å². The minimum Gasteiger partial charge on any atom is -0.435 e. The van der Waals surface area contributed by atoms with Crippen molar-refractivity contribution in [1.82, 2.24) is 10.2 Å². The number of alkyl halides is 2. The van der Waals surface area contributed by atoms with Crippen molar-refractivity contribution in [3.05, 3.63) is 29.8 Å². The summed E-state index contributed by atoms with van der Waals surface area (Å²) in [6.45, 7) is -0.457. The Morgan fingerprint density at radius 3 is 2.58 bits per heavy atom. The smallest absolute Gasteiger partial charge is 0.387 e. The minimum atomic E-state index is -2.84. The van der Waals surface area contributed by atoms with Crippen molar-refractivity contribution in [2.45, 2.75) is 38.5 Å². The molecule has 0 aliphatic heterocycles. The monoisotopic (exact) mass is 337 g/mol. The summed E-state index contributed by atoms with van der Waals surface area (Å²) in [4.78, 5) is 13.9. The summed E-state index contributed by atoms with van der Waals surface area (Å²) in [5.74, 6) is 0.133. The highest BCUT2D eigenvalue weighted by atomic mass is 19.3. The first kappa shape index (κ1) is 18.1. The van der Waals surface area contributed by atoms with Gasteiger partial charge in [0.05, 0.1) is 12.6 Å². The van der Waals surface area contributed by atoms with Gasteiger partial charge in [0, 0.05) is 6.54 Å². The van der Waals surface area contributed by atoms with Gasteiger partial charge in [-0.1, -0.05) is 12.1 Å². The second-order valence-corrected chi connectivity index (χ2v) is 6.33. The molecule has 0 aromatic heterocycles. The van der Waals surface area contributed by atoms with E-state index in [0.717, 1.165) is 18.4 Å². The molecule has 5 nitrogen and oxygen atoms in total. The van der Waals surface area contributed by atoms with Crippen molar-refractivity contribution in [2.75, 3.05) is 13.6 Å². The van der Waals surface area contributed by atoms with E-state index in [-0.39, 0.29) is 24.1 Å². The number of hydrogen-bond acceptors (Lipinski definition) is 4. The Balaban J connectivity index is 1.83. The van der Waals surface area contributed by atoms with Gasteiger partial charge in [0.25, 0.3) is 0 Å². The number of rotatable bonds is 8. The highest BCUT2D eigenvalue weighted by molar-refractivity contribution is 5.79. The predicted molar refractivity (Wildman–Crippen MR) is 84.3 cm³/mol. The summed E-state index contributed by atoms with van der Waals surface area (Å²) >= 11 is 0. The van der Waals surface area contributed by atoms with Crippen LogP contribution < -0.4 is 10.1 Å². The summed E-state index contributed by atoms with van der Waals surface area (Å²) in [7, 11) is 1.78. The molecule has 0 spiro atoms. The van der Waals surface area contributed by atoms with E-state index in [2.05, 4.69) is 16.1 Å². The lowest BCUT2D eigenvalue weighted by Gasteiger charge is -2.25. The SMILES string of the molecule is CN(CC(=O)N[C@](C)(C#N)C1CC1)Cc1ccc(OC(F)F)cc1. The maximum Gasteiger partial charge on any atom is 0.387 e. The van der Waals surface area contributed by atoms with Crippen LogP contribution in [0.5, 0.6) is 5.75 Å². The van der Waals surface area contributed by atoms with Gasteiger partial charge in [0.15, 0.2) is 0 Å². The Morgan fingerprint density at radius 2 is 2.08 bits per heavy atom. The third-order valence-electron chi connectivity index (χ3n) is 4.04. The molecular formula is C17H21F2N3O2. The number of ether oxygens (including phenoxy) is 1. The number of carbonyl (C=O) groups is 1. The van der Waals surface area contributed by atoms with Gasteiger partial charge in [-0.2, -0.15) is 14.0 Å². The van der Waals surface area contributed by atoms with E-state index in [0.29, 0.717) is 6.54 Å². The minimum absolute atomic E-state index is 0.100. The fourth-order valence-corrected chi connectivity index (χ4v) is 2.60. The largest absolute Gasteiger partial charge is 0.435 e. The molecule has 0 bridgehead atoms. The van der Waals surface area contributed by atoms with E-state index in [1.807, 2.05) is 0 Å². The first-order valence-electron chi connectivity index (χ1n) is 7.77. The molecule has 1 aliphatic carbocycles. The van der Waals surface area contributed by atoms with Crippen molar-refractivity contribution in [3.63, 3.8) is 0 Å². The number of likely N-dealkylation sites (N-methyl/N-ethyl adjacent to an activating group) is 1. The van der Waals surface area contributed by atoms with Gasteiger partial charge in [-0.05, 0) is 50.4 Å². The van der Waals surface area contributed by atoms with Crippen LogP contribution in [0.4, 0.5) is 8.78 Å². The molecule has 24 heavy (non-hydrogen) atoms. The Bertz CT molecular complexity index is 611. The van der Waals surface area contributed by atoms with Gasteiger partial charge in [0.2, 0.25) is 5.91 Å². The van der Waals surface area contributed by atoms with Crippen LogP contribution in [0.1, 0.15) is 25.3 Å². The van der Waals surface area contributed by atoms with Crippen LogP contribution in [0, 0.1) is 17.2 Å². The van der Waals surface area contributed by atoms with Gasteiger partial charge in [-0.25, -0.2) is 0 Å². The Morgan fingerprint density at radius 1 is 1.46 bits per heavy atom. The van der Waals surface area contributed by atoms with Crippen molar-refractivity contribution < 1.29 is 18.3 Å². The van der Waals surface area contributed by atoms with Gasteiger partial charge >= 0.3 is 6.61 Å². The molecule has 1 aromatic rings. The van der Waals surface area contributed by atoms with Crippen LogP contribution >= 0.6 is 0 Å². The highest BCUT2D eigenvalue weighted by Crippen LogP contribution is 2.39. The third-order valence-corrected chi connectivity index (χ3v) is 4.04. The number of halogens is 2. The standard InChI is InChI=1S/C17H21F2N3O2/c1-17(11-20,13-5-6-13)21-15(23)10-22(2)9-12-3-7-14(8-4-12)24-16(18)19/h3-4,7-8,13,16H,5-6,9-10H2,1-2H3,(H,21,23)/t17-/m1/s1. The fraction of sp³-hybridized carbons (Fsp3) is 0.529. The van der Waals surface area contributed by atoms with E-state index in [9.17, 15) is 18.8 Å². The topological polar surface area (TPSA) is 65.4 Å². The predicted octanol–water partition coefficient (Wildman–Crippen LogP) is 2.53. The molecule has 1 atom stereocenters. The number of hydrogen-bond donors (Lipinski definition) is 1. The summed E-state index contributed by atoms with van der Waals surface area (Å²) in [5, 5.41) is 12.1. The maximum absolute atomic E-state index is 12.1. The van der Waals surface area contributed by atoms with E-state index in [1.165, 1.54) is 12.1 Å². The molecule has 1 saturated carbocycles. The normalized spacial score (nSPS) is 16.5. The fourth-order valence-electron chi connectivity index (χ4n) is 2.60. The third kappa shape index (κ3) is 5.17. The molecule has 0 heterocycles. The quantitative estimate of drug-likeness (QED) is 0.792. The Hall–Kier alpha value is -2.20. The molecule has 0 radical (unpaired) electrons. The van der Waals surface area contributed by atoms with Crippen LogP contribution in [0.15, 0.2) is 24.3 Å². The van der Waals surface area contributed by atoms with Crippen LogP contribution in [0.3, 0.4) is 0 Å². The van der Waals surface area contributed by atoms with Crippen LogP contribution in [0.2, 0.25) is 0 Å². The number of amides is 1. The van der Waals surface area contributed by atoms with Crippen molar-refractivity contribution >= 4 is 5.91 Å². The Kier molecular flexibility index (Phi) is 5.73. The number of carbonyl (C=O) groups excluding carboxylic acids is 1. The molecule has 7 heteroatoms. The van der Waals surface area contributed by atoms with Crippen LogP contribution in [-0.2, 0) is 11.3 Å². The Labute approximate surface area is 140 Å². The van der Waals surface area contributed by atoms with Crippen molar-refractivity contribution in [2.24, 2.45) is 5.92 Å². The van der Waals surface area contributed by atoms with E-state index >= 15 is 0 Å². The lowest BCUT2D eigenvalue weighted by atomic mass is 9.98. The van der Waals surface area contributed by atoms with E-state index in [4.69, 9.17) is 0 Å². The zero-order chi connectivity index (χ0) is 17.7. The zero-order valence-electron chi connectivity index (χ0n) is 13.8. The average Bonchev–Trinajstić information content (AvgIpc) is 3.33. The molecule has 1 amide bonds. The number of benzene rings is 1. The summed E-state index contributed by atoms with van der Waals surface area (Å²) in [6, 6.07) is 8.48. The molecule has 2 rings (SSSR count). The number of nitrogens with one attached hydrogen (secondary N) is 1. The van der Waals surface area contributed by atoms with E-state index in [1.54, 1.807) is 31.0 Å². The second kappa shape index (κ2) is 7.58. The zero-order valence-corrected chi connectivity index (χ0v) is 13.8. The van der Waals surface area contributed by atoms with Gasteiger partial charge in [0.1, 0.15) is 11.3 Å². The van der Waals surface area contributed by atoms with Crippen molar-refractivity contribution in [1.29, 1.82) is 5.26 Å². The first-order valence-corrected chi connectivity index (χ1v) is 7.77.